The highest BCUT2D eigenvalue weighted by molar-refractivity contribution is 5.77. The Morgan fingerprint density at radius 3 is 3.15 bits per heavy atom. The largest absolute Gasteiger partial charge is 0.345 e. The summed E-state index contributed by atoms with van der Waals surface area (Å²) in [6.07, 6.45) is 3.60. The van der Waals surface area contributed by atoms with Gasteiger partial charge in [-0.05, 0) is 24.5 Å². The number of tetrazole rings is 1. The molecule has 0 aromatic carbocycles. The van der Waals surface area contributed by atoms with Crippen LogP contribution in [0.2, 0.25) is 0 Å². The first kappa shape index (κ1) is 12.8. The standard InChI is InChI=1S/C11H15N7O2/c12-6-9-2-3-10-7-16(9)11(19)18(10)20-5-1-4-17-14-8-13-15-17/h8-10H,1-5,7H2/t9-,10+/m0/s1. The number of piperidine rings is 1. The maximum atomic E-state index is 12.1. The molecule has 2 saturated heterocycles. The topological polar surface area (TPSA) is 100 Å². The summed E-state index contributed by atoms with van der Waals surface area (Å²) in [6.45, 7) is 1.59. The number of urea groups is 1. The van der Waals surface area contributed by atoms with Gasteiger partial charge >= 0.3 is 6.03 Å². The van der Waals surface area contributed by atoms with Crippen LogP contribution in [0, 0.1) is 11.3 Å². The molecule has 1 aromatic rings. The minimum absolute atomic E-state index is 0.0663. The van der Waals surface area contributed by atoms with E-state index < -0.39 is 0 Å². The molecule has 2 bridgehead atoms. The fourth-order valence-electron chi connectivity index (χ4n) is 2.59. The minimum Gasteiger partial charge on any atom is -0.305 e. The van der Waals surface area contributed by atoms with Gasteiger partial charge < -0.3 is 4.90 Å². The zero-order valence-corrected chi connectivity index (χ0v) is 10.9. The SMILES string of the molecule is N#C[C@@H]1CC[C@@H]2CN1C(=O)N2OCCCn1ncnn1. The first-order valence-electron chi connectivity index (χ1n) is 6.62. The van der Waals surface area contributed by atoms with Gasteiger partial charge in [-0.2, -0.15) is 15.1 Å². The average molecular weight is 277 g/mol. The maximum absolute atomic E-state index is 12.1. The van der Waals surface area contributed by atoms with Crippen LogP contribution < -0.4 is 0 Å². The number of aromatic nitrogens is 4. The lowest BCUT2D eigenvalue weighted by molar-refractivity contribution is -0.131. The van der Waals surface area contributed by atoms with Crippen LogP contribution in [-0.2, 0) is 11.4 Å². The molecule has 1 aromatic heterocycles. The highest BCUT2D eigenvalue weighted by Crippen LogP contribution is 2.29. The van der Waals surface area contributed by atoms with Gasteiger partial charge in [0.05, 0.1) is 25.3 Å². The molecule has 9 nitrogen and oxygen atoms in total. The number of hydrogen-bond donors (Lipinski definition) is 0. The summed E-state index contributed by atoms with van der Waals surface area (Å²) in [7, 11) is 0. The molecule has 2 amide bonds. The van der Waals surface area contributed by atoms with Crippen LogP contribution in [-0.4, -0.2) is 61.4 Å². The number of aryl methyl sites for hydroxylation is 1. The molecule has 2 aliphatic heterocycles. The Labute approximate surface area is 115 Å². The summed E-state index contributed by atoms with van der Waals surface area (Å²) in [5, 5.41) is 21.7. The zero-order chi connectivity index (χ0) is 13.9. The highest BCUT2D eigenvalue weighted by Gasteiger charge is 2.45. The second kappa shape index (κ2) is 5.42. The summed E-state index contributed by atoms with van der Waals surface area (Å²) >= 11 is 0. The van der Waals surface area contributed by atoms with E-state index in [0.29, 0.717) is 26.1 Å². The smallest absolute Gasteiger partial charge is 0.305 e. The third-order valence-corrected chi connectivity index (χ3v) is 3.60. The number of hydroxylamine groups is 2. The van der Waals surface area contributed by atoms with Crippen LogP contribution in [0.5, 0.6) is 0 Å². The third-order valence-electron chi connectivity index (χ3n) is 3.60. The lowest BCUT2D eigenvalue weighted by Crippen LogP contribution is -2.38. The number of carbonyl (C=O) groups excluding carboxylic acids is 1. The lowest BCUT2D eigenvalue weighted by atomic mass is 10.0. The second-order valence-corrected chi connectivity index (χ2v) is 4.86. The Bertz CT molecular complexity index is 511. The van der Waals surface area contributed by atoms with Crippen LogP contribution in [0.3, 0.4) is 0 Å². The van der Waals surface area contributed by atoms with E-state index in [1.54, 1.807) is 4.90 Å². The zero-order valence-electron chi connectivity index (χ0n) is 10.9. The van der Waals surface area contributed by atoms with Crippen molar-refractivity contribution in [2.45, 2.75) is 37.9 Å². The molecule has 0 aliphatic carbocycles. The molecule has 2 atom stereocenters. The summed E-state index contributed by atoms with van der Waals surface area (Å²) in [5.74, 6) is 0. The molecule has 106 valence electrons. The summed E-state index contributed by atoms with van der Waals surface area (Å²) in [5.41, 5.74) is 0. The predicted octanol–water partition coefficient (Wildman–Crippen LogP) is -0.213. The Hall–Kier alpha value is -2.21. The molecule has 0 unspecified atom stereocenters. The molecule has 3 heterocycles. The van der Waals surface area contributed by atoms with Gasteiger partial charge in [0.1, 0.15) is 6.04 Å². The van der Waals surface area contributed by atoms with Crippen molar-refractivity contribution in [3.05, 3.63) is 6.33 Å². The van der Waals surface area contributed by atoms with Crippen LogP contribution >= 0.6 is 0 Å². The fourth-order valence-corrected chi connectivity index (χ4v) is 2.59. The van der Waals surface area contributed by atoms with Crippen molar-refractivity contribution in [1.29, 1.82) is 5.26 Å². The van der Waals surface area contributed by atoms with Crippen molar-refractivity contribution < 1.29 is 9.63 Å². The van der Waals surface area contributed by atoms with E-state index in [4.69, 9.17) is 10.1 Å². The van der Waals surface area contributed by atoms with Gasteiger partial charge in [0, 0.05) is 6.54 Å². The van der Waals surface area contributed by atoms with E-state index >= 15 is 0 Å². The summed E-state index contributed by atoms with van der Waals surface area (Å²) < 4.78 is 0. The summed E-state index contributed by atoms with van der Waals surface area (Å²) in [4.78, 5) is 20.7. The molecule has 2 fully saturated rings. The van der Waals surface area contributed by atoms with Crippen molar-refractivity contribution in [3.8, 4) is 6.07 Å². The Morgan fingerprint density at radius 2 is 2.40 bits per heavy atom. The van der Waals surface area contributed by atoms with Crippen LogP contribution in [0.25, 0.3) is 0 Å². The monoisotopic (exact) mass is 277 g/mol. The molecule has 0 N–H and O–H groups in total. The molecular formula is C11H15N7O2. The Morgan fingerprint density at radius 1 is 1.50 bits per heavy atom. The van der Waals surface area contributed by atoms with Gasteiger partial charge in [0.15, 0.2) is 6.33 Å². The molecule has 3 rings (SSSR count). The Kier molecular flexibility index (Phi) is 3.47. The van der Waals surface area contributed by atoms with Crippen LogP contribution in [0.15, 0.2) is 6.33 Å². The predicted molar refractivity (Wildman–Crippen MR) is 64.8 cm³/mol. The lowest BCUT2D eigenvalue weighted by Gasteiger charge is -2.25. The maximum Gasteiger partial charge on any atom is 0.345 e. The van der Waals surface area contributed by atoms with Gasteiger partial charge in [0.25, 0.3) is 0 Å². The van der Waals surface area contributed by atoms with Gasteiger partial charge in [-0.3, -0.25) is 4.84 Å². The number of hydrogen-bond acceptors (Lipinski definition) is 6. The number of amides is 2. The molecule has 20 heavy (non-hydrogen) atoms. The van der Waals surface area contributed by atoms with Crippen molar-refractivity contribution in [2.24, 2.45) is 0 Å². The van der Waals surface area contributed by atoms with Crippen molar-refractivity contribution in [1.82, 2.24) is 30.2 Å². The first-order chi connectivity index (χ1) is 9.79. The van der Waals surface area contributed by atoms with E-state index in [0.717, 1.165) is 12.8 Å². The fraction of sp³-hybridized carbons (Fsp3) is 0.727. The van der Waals surface area contributed by atoms with E-state index in [9.17, 15) is 4.79 Å². The number of rotatable bonds is 5. The quantitative estimate of drug-likeness (QED) is 0.690. The normalized spacial score (nSPS) is 25.1. The van der Waals surface area contributed by atoms with Gasteiger partial charge in [0.2, 0.25) is 0 Å². The van der Waals surface area contributed by atoms with Crippen molar-refractivity contribution in [3.63, 3.8) is 0 Å². The van der Waals surface area contributed by atoms with Gasteiger partial charge in [-0.1, -0.05) is 0 Å². The van der Waals surface area contributed by atoms with Gasteiger partial charge in [-0.15, -0.1) is 10.2 Å². The minimum atomic E-state index is -0.313. The van der Waals surface area contributed by atoms with Crippen LogP contribution in [0.1, 0.15) is 19.3 Å². The van der Waals surface area contributed by atoms with Gasteiger partial charge in [-0.25, -0.2) is 4.79 Å². The van der Waals surface area contributed by atoms with Crippen molar-refractivity contribution >= 4 is 6.03 Å². The van der Waals surface area contributed by atoms with E-state index in [1.807, 2.05) is 0 Å². The highest BCUT2D eigenvalue weighted by atomic mass is 16.7. The van der Waals surface area contributed by atoms with E-state index in [1.165, 1.54) is 16.2 Å². The molecule has 0 radical (unpaired) electrons. The molecule has 2 aliphatic rings. The number of fused-ring (bicyclic) bond motifs is 2. The third kappa shape index (κ3) is 2.30. The molecule has 0 saturated carbocycles. The number of carbonyl (C=O) groups is 1. The number of nitriles is 1. The molecule has 0 spiro atoms. The summed E-state index contributed by atoms with van der Waals surface area (Å²) in [6, 6.07) is 1.72. The van der Waals surface area contributed by atoms with Crippen LogP contribution in [0.4, 0.5) is 4.79 Å². The Balaban J connectivity index is 1.49. The van der Waals surface area contributed by atoms with E-state index in [-0.39, 0.29) is 18.1 Å². The number of nitrogens with zero attached hydrogens (tertiary/aromatic N) is 7. The average Bonchev–Trinajstić information content (AvgIpc) is 3.06. The van der Waals surface area contributed by atoms with Crippen molar-refractivity contribution in [2.75, 3.05) is 13.2 Å². The first-order valence-corrected chi connectivity index (χ1v) is 6.62. The molecule has 9 heteroatoms. The second-order valence-electron chi connectivity index (χ2n) is 4.86. The van der Waals surface area contributed by atoms with E-state index in [2.05, 4.69) is 21.5 Å². The molecular weight excluding hydrogens is 262 g/mol.